The summed E-state index contributed by atoms with van der Waals surface area (Å²) < 4.78 is 3.44. The molecule has 0 saturated heterocycles. The van der Waals surface area contributed by atoms with Crippen molar-refractivity contribution >= 4 is 11.6 Å². The molecule has 1 heterocycles. The lowest BCUT2D eigenvalue weighted by Gasteiger charge is -2.02. The number of hydrogen-bond acceptors (Lipinski definition) is 1. The maximum Gasteiger partial charge on any atom is 0.328 e. The summed E-state index contributed by atoms with van der Waals surface area (Å²) in [6, 6.07) is 7.55. The lowest BCUT2D eigenvalue weighted by atomic mass is 10.2. The normalized spacial score (nSPS) is 10.7. The molecule has 0 aliphatic rings. The van der Waals surface area contributed by atoms with E-state index in [2.05, 4.69) is 6.92 Å². The Balaban J connectivity index is 2.19. The highest BCUT2D eigenvalue weighted by molar-refractivity contribution is 6.30. The average molecular weight is 251 g/mol. The number of aryl methyl sites for hydroxylation is 1. The molecular weight excluding hydrogens is 236 g/mol. The van der Waals surface area contributed by atoms with Gasteiger partial charge in [-0.3, -0.25) is 9.13 Å². The molecule has 0 fully saturated rings. The third-order valence-corrected chi connectivity index (χ3v) is 2.90. The first-order valence-electron chi connectivity index (χ1n) is 5.70. The summed E-state index contributed by atoms with van der Waals surface area (Å²) in [5, 5.41) is 0.713. The van der Waals surface area contributed by atoms with Crippen molar-refractivity contribution in [1.29, 1.82) is 0 Å². The Bertz CT molecular complexity index is 539. The summed E-state index contributed by atoms with van der Waals surface area (Å²) in [7, 11) is 0. The molecule has 1 aromatic carbocycles. The van der Waals surface area contributed by atoms with E-state index in [0.29, 0.717) is 11.6 Å². The summed E-state index contributed by atoms with van der Waals surface area (Å²) in [6.45, 7) is 3.42. The molecular formula is C13H15ClN2O. The standard InChI is InChI=1S/C13H15ClN2O/c1-2-7-15-8-9-16(13(15)17)10-11-3-5-12(14)6-4-11/h3-6,8-9H,2,7,10H2,1H3. The van der Waals surface area contributed by atoms with Gasteiger partial charge in [0.25, 0.3) is 0 Å². The van der Waals surface area contributed by atoms with Gasteiger partial charge >= 0.3 is 5.69 Å². The predicted octanol–water partition coefficient (Wildman–Crippen LogP) is 2.76. The number of rotatable bonds is 4. The van der Waals surface area contributed by atoms with Crippen LogP contribution >= 0.6 is 11.6 Å². The van der Waals surface area contributed by atoms with Gasteiger partial charge in [0.05, 0.1) is 6.54 Å². The second-order valence-electron chi connectivity index (χ2n) is 4.03. The number of nitrogens with zero attached hydrogens (tertiary/aromatic N) is 2. The molecule has 0 saturated carbocycles. The van der Waals surface area contributed by atoms with Crippen LogP contribution in [0, 0.1) is 0 Å². The molecule has 0 aliphatic heterocycles. The molecule has 4 heteroatoms. The van der Waals surface area contributed by atoms with E-state index in [1.807, 2.05) is 36.7 Å². The van der Waals surface area contributed by atoms with Crippen LogP contribution in [0.25, 0.3) is 0 Å². The Morgan fingerprint density at radius 1 is 1.12 bits per heavy atom. The first kappa shape index (κ1) is 12.0. The van der Waals surface area contributed by atoms with E-state index in [9.17, 15) is 4.79 Å². The highest BCUT2D eigenvalue weighted by atomic mass is 35.5. The van der Waals surface area contributed by atoms with Crippen molar-refractivity contribution in [3.05, 3.63) is 57.7 Å². The van der Waals surface area contributed by atoms with Gasteiger partial charge in [0.2, 0.25) is 0 Å². The SMILES string of the molecule is CCCn1ccn(Cc2ccc(Cl)cc2)c1=O. The molecule has 1 aromatic heterocycles. The van der Waals surface area contributed by atoms with Crippen LogP contribution in [-0.4, -0.2) is 9.13 Å². The first-order valence-corrected chi connectivity index (χ1v) is 6.08. The van der Waals surface area contributed by atoms with E-state index in [1.165, 1.54) is 0 Å². The van der Waals surface area contributed by atoms with Gasteiger partial charge < -0.3 is 0 Å². The highest BCUT2D eigenvalue weighted by Crippen LogP contribution is 2.10. The van der Waals surface area contributed by atoms with Crippen molar-refractivity contribution in [3.8, 4) is 0 Å². The minimum atomic E-state index is 0.0433. The van der Waals surface area contributed by atoms with E-state index in [-0.39, 0.29) is 5.69 Å². The van der Waals surface area contributed by atoms with Crippen molar-refractivity contribution in [2.75, 3.05) is 0 Å². The third kappa shape index (κ3) is 2.80. The zero-order chi connectivity index (χ0) is 12.3. The molecule has 2 aromatic rings. The van der Waals surface area contributed by atoms with Crippen LogP contribution in [0.5, 0.6) is 0 Å². The monoisotopic (exact) mass is 250 g/mol. The van der Waals surface area contributed by atoms with Crippen LogP contribution in [0.3, 0.4) is 0 Å². The van der Waals surface area contributed by atoms with E-state index in [4.69, 9.17) is 11.6 Å². The molecule has 0 bridgehead atoms. The fraction of sp³-hybridized carbons (Fsp3) is 0.308. The van der Waals surface area contributed by atoms with Crippen LogP contribution in [0.4, 0.5) is 0 Å². The van der Waals surface area contributed by atoms with Gasteiger partial charge in [-0.05, 0) is 24.1 Å². The summed E-state index contributed by atoms with van der Waals surface area (Å²) in [5.41, 5.74) is 1.12. The number of hydrogen-bond donors (Lipinski definition) is 0. The minimum Gasteiger partial charge on any atom is -0.299 e. The molecule has 0 radical (unpaired) electrons. The molecule has 0 unspecified atom stereocenters. The number of aromatic nitrogens is 2. The zero-order valence-electron chi connectivity index (χ0n) is 9.77. The average Bonchev–Trinajstić information content (AvgIpc) is 2.65. The van der Waals surface area contributed by atoms with Crippen LogP contribution < -0.4 is 5.69 Å². The third-order valence-electron chi connectivity index (χ3n) is 2.65. The molecule has 3 nitrogen and oxygen atoms in total. The Morgan fingerprint density at radius 2 is 1.76 bits per heavy atom. The van der Waals surface area contributed by atoms with Crippen LogP contribution in [-0.2, 0) is 13.1 Å². The predicted molar refractivity (Wildman–Crippen MR) is 69.5 cm³/mol. The molecule has 2 rings (SSSR count). The molecule has 0 aliphatic carbocycles. The number of imidazole rings is 1. The van der Waals surface area contributed by atoms with Gasteiger partial charge in [-0.15, -0.1) is 0 Å². The van der Waals surface area contributed by atoms with Crippen molar-refractivity contribution in [3.63, 3.8) is 0 Å². The van der Waals surface area contributed by atoms with Gasteiger partial charge in [0.15, 0.2) is 0 Å². The van der Waals surface area contributed by atoms with Gasteiger partial charge in [0, 0.05) is 24.0 Å². The lowest BCUT2D eigenvalue weighted by molar-refractivity contribution is 0.624. The van der Waals surface area contributed by atoms with Crippen LogP contribution in [0.15, 0.2) is 41.5 Å². The maximum atomic E-state index is 11.9. The Morgan fingerprint density at radius 3 is 2.41 bits per heavy atom. The second kappa shape index (κ2) is 5.23. The van der Waals surface area contributed by atoms with Crippen LogP contribution in [0.2, 0.25) is 5.02 Å². The lowest BCUT2D eigenvalue weighted by Crippen LogP contribution is -2.24. The topological polar surface area (TPSA) is 26.9 Å². The first-order chi connectivity index (χ1) is 8.20. The summed E-state index contributed by atoms with van der Waals surface area (Å²) >= 11 is 5.82. The zero-order valence-corrected chi connectivity index (χ0v) is 10.5. The van der Waals surface area contributed by atoms with E-state index >= 15 is 0 Å². The molecule has 0 atom stereocenters. The summed E-state index contributed by atoms with van der Waals surface area (Å²) in [5.74, 6) is 0. The van der Waals surface area contributed by atoms with Crippen molar-refractivity contribution in [2.24, 2.45) is 0 Å². The molecule has 0 N–H and O–H groups in total. The van der Waals surface area contributed by atoms with Gasteiger partial charge in [-0.2, -0.15) is 0 Å². The minimum absolute atomic E-state index is 0.0433. The summed E-state index contributed by atoms with van der Waals surface area (Å²) in [4.78, 5) is 11.9. The van der Waals surface area contributed by atoms with Crippen LogP contribution in [0.1, 0.15) is 18.9 Å². The van der Waals surface area contributed by atoms with E-state index in [1.54, 1.807) is 9.13 Å². The maximum absolute atomic E-state index is 11.9. The number of benzene rings is 1. The second-order valence-corrected chi connectivity index (χ2v) is 4.46. The van der Waals surface area contributed by atoms with Gasteiger partial charge in [-0.25, -0.2) is 4.79 Å². The number of halogens is 1. The highest BCUT2D eigenvalue weighted by Gasteiger charge is 2.02. The quantitative estimate of drug-likeness (QED) is 0.820. The largest absolute Gasteiger partial charge is 0.328 e. The van der Waals surface area contributed by atoms with Crippen molar-refractivity contribution < 1.29 is 0 Å². The molecule has 0 spiro atoms. The fourth-order valence-corrected chi connectivity index (χ4v) is 1.90. The molecule has 17 heavy (non-hydrogen) atoms. The Labute approximate surface area is 105 Å². The van der Waals surface area contributed by atoms with Crippen molar-refractivity contribution in [2.45, 2.75) is 26.4 Å². The van der Waals surface area contributed by atoms with Gasteiger partial charge in [0.1, 0.15) is 0 Å². The van der Waals surface area contributed by atoms with E-state index in [0.717, 1.165) is 18.5 Å². The molecule has 0 amide bonds. The molecule has 90 valence electrons. The smallest absolute Gasteiger partial charge is 0.299 e. The Kier molecular flexibility index (Phi) is 3.69. The van der Waals surface area contributed by atoms with Gasteiger partial charge in [-0.1, -0.05) is 30.7 Å². The van der Waals surface area contributed by atoms with E-state index < -0.39 is 0 Å². The fourth-order valence-electron chi connectivity index (χ4n) is 1.77. The summed E-state index contributed by atoms with van der Waals surface area (Å²) in [6.07, 6.45) is 4.62. The Hall–Kier alpha value is -1.48. The van der Waals surface area contributed by atoms with Crippen molar-refractivity contribution in [1.82, 2.24) is 9.13 Å².